The number of aromatic hydroxyl groups is 1. The van der Waals surface area contributed by atoms with Crippen LogP contribution < -0.4 is 209 Å². The van der Waals surface area contributed by atoms with Crippen LogP contribution in [-0.2, 0) is 60.7 Å². The van der Waals surface area contributed by atoms with Gasteiger partial charge in [0, 0.05) is 43.0 Å². The summed E-state index contributed by atoms with van der Waals surface area (Å²) in [6, 6.07) is 10.5. The van der Waals surface area contributed by atoms with Crippen LogP contribution in [0.25, 0.3) is 21.5 Å². The molecule has 82 heavy (non-hydrogen) atoms. The van der Waals surface area contributed by atoms with Gasteiger partial charge >= 0.3 is 177 Å². The average molecular weight is 1310 g/mol. The van der Waals surface area contributed by atoms with Gasteiger partial charge in [0.15, 0.2) is 17.4 Å². The van der Waals surface area contributed by atoms with Crippen LogP contribution in [0.15, 0.2) is 79.5 Å². The van der Waals surface area contributed by atoms with E-state index in [2.05, 4.69) is 67.0 Å². The van der Waals surface area contributed by atoms with Crippen LogP contribution in [0.4, 0.5) is 52.5 Å². The zero-order valence-electron chi connectivity index (χ0n) is 44.0. The number of phenolic OH excluding ortho intramolecular Hbond substituents is 1. The molecule has 0 aliphatic carbocycles. The van der Waals surface area contributed by atoms with Crippen molar-refractivity contribution in [2.45, 2.75) is 27.7 Å². The van der Waals surface area contributed by atoms with E-state index in [9.17, 15) is 88.2 Å². The first-order chi connectivity index (χ1) is 35.2. The molecule has 0 saturated carbocycles. The van der Waals surface area contributed by atoms with Crippen molar-refractivity contribution in [3.63, 3.8) is 0 Å². The third-order valence-corrected chi connectivity index (χ3v) is 14.5. The monoisotopic (exact) mass is 1310 g/mol. The number of fused-ring (bicyclic) bond motifs is 2. The number of nitrogens with zero attached hydrogens (tertiary/aromatic N) is 8. The average Bonchev–Trinajstić information content (AvgIpc) is 3.28. The minimum absolute atomic E-state index is 0. The van der Waals surface area contributed by atoms with Gasteiger partial charge in [0.05, 0.1) is 68.0 Å². The molecule has 0 fully saturated rings. The summed E-state index contributed by atoms with van der Waals surface area (Å²) >= 11 is 0. The number of aromatic nitrogens is 5. The summed E-state index contributed by atoms with van der Waals surface area (Å²) in [5, 5.41) is 43.4. The zero-order valence-corrected chi connectivity index (χ0v) is 60.9. The molecule has 2 aromatic heterocycles. The second-order valence-electron chi connectivity index (χ2n) is 15.5. The number of hydrogen-bond donors (Lipinski definition) is 7. The molecule has 1 atom stereocenters. The van der Waals surface area contributed by atoms with Crippen molar-refractivity contribution in [2.75, 3.05) is 75.3 Å². The number of hydrogen-bond acceptors (Lipinski definition) is 33. The van der Waals surface area contributed by atoms with Gasteiger partial charge in [0.1, 0.15) is 53.4 Å². The summed E-state index contributed by atoms with van der Waals surface area (Å²) < 4.78 is 214. The molecule has 7 N–H and O–H groups in total. The van der Waals surface area contributed by atoms with Gasteiger partial charge in [0.25, 0.3) is 0 Å². The maximum Gasteiger partial charge on any atom is 1.00 e. The Bertz CT molecular complexity index is 4090. The van der Waals surface area contributed by atoms with Crippen LogP contribution in [0.1, 0.15) is 12.5 Å². The Labute approximate surface area is 601 Å². The Morgan fingerprint density at radius 3 is 1.62 bits per heavy atom. The van der Waals surface area contributed by atoms with Crippen molar-refractivity contribution >= 4 is 135 Å². The molecular weight excluding hydrogens is 1270 g/mol. The molecule has 0 radical (unpaired) electrons. The molecule has 4 aromatic carbocycles. The Balaban J connectivity index is 0.0000109. The maximum atomic E-state index is 12.7. The first-order valence-corrected chi connectivity index (χ1v) is 29.7. The number of anilines is 7. The zero-order chi connectivity index (χ0) is 56.2. The van der Waals surface area contributed by atoms with Crippen molar-refractivity contribution in [3.05, 3.63) is 60.2 Å². The van der Waals surface area contributed by atoms with Crippen LogP contribution in [-0.4, -0.2) is 157 Å². The van der Waals surface area contributed by atoms with Gasteiger partial charge in [-0.3, -0.25) is 0 Å². The quantitative estimate of drug-likeness (QED) is 0.0168. The molecule has 33 nitrogen and oxygen atoms in total. The van der Waals surface area contributed by atoms with Crippen LogP contribution in [0.5, 0.6) is 5.75 Å². The molecule has 0 amide bonds. The molecule has 45 heteroatoms. The second-order valence-corrected chi connectivity index (χ2v) is 24.1. The topological polar surface area (TPSA) is 549 Å². The van der Waals surface area contributed by atoms with E-state index < -0.39 is 170 Å². The molecule has 0 spiro atoms. The molecular formula is C37H34N14Na6O19S6. The summed E-state index contributed by atoms with van der Waals surface area (Å²) in [5.41, 5.74) is -2.89. The Hall–Kier alpha value is -1.36. The molecule has 0 aliphatic heterocycles. The van der Waals surface area contributed by atoms with Crippen LogP contribution >= 0.6 is 0 Å². The van der Waals surface area contributed by atoms with E-state index >= 15 is 0 Å². The van der Waals surface area contributed by atoms with E-state index in [1.165, 1.54) is 37.3 Å². The number of nitrogens with one attached hydrogen (secondary N) is 6. The Morgan fingerprint density at radius 2 is 1.10 bits per heavy atom. The van der Waals surface area contributed by atoms with Gasteiger partial charge in [-0.2, -0.15) is 30.2 Å². The summed E-state index contributed by atoms with van der Waals surface area (Å²) in [6.45, 7) is -0.531. The van der Waals surface area contributed by atoms with E-state index in [1.54, 1.807) is 6.07 Å². The summed E-state index contributed by atoms with van der Waals surface area (Å²) in [5.74, 6) is -6.84. The van der Waals surface area contributed by atoms with Gasteiger partial charge < -0.3 is 64.3 Å². The van der Waals surface area contributed by atoms with E-state index in [-0.39, 0.29) is 218 Å². The third-order valence-electron chi connectivity index (χ3n) is 9.82. The van der Waals surface area contributed by atoms with Crippen molar-refractivity contribution in [1.29, 1.82) is 5.26 Å². The number of nitriles is 1. The van der Waals surface area contributed by atoms with Crippen LogP contribution in [0, 0.1) is 11.3 Å². The van der Waals surface area contributed by atoms with E-state index in [0.29, 0.717) is 18.2 Å². The summed E-state index contributed by atoms with van der Waals surface area (Å²) in [7, 11) is -30.9. The van der Waals surface area contributed by atoms with Gasteiger partial charge in [-0.25, -0.2) is 50.5 Å². The molecule has 1 unspecified atom stereocenters. The number of azo groups is 1. The molecule has 0 bridgehead atoms. The van der Waals surface area contributed by atoms with Gasteiger partial charge in [-0.15, -0.1) is 10.2 Å². The maximum absolute atomic E-state index is 12.7. The Morgan fingerprint density at radius 1 is 0.585 bits per heavy atom. The van der Waals surface area contributed by atoms with E-state index in [4.69, 9.17) is 0 Å². The third kappa shape index (κ3) is 23.6. The SMILES string of the molecule is CC(CNc1nc(NCCS(=O)(=O)[O-])nc(Nc2cc(S(=O)(=O)[O-])cc3cc(S(=O)(=O)[O-])c(N=Nc4ccc5ccccc5c4S(=O)(=O)[O-])c(O)c23)n1)Nc1nc(NCCS(=O)(=O)[O-])nc(NCCS(=O)(=O)[O-])c1C#N.[Na+].[Na+].[Na+].[Na+].[Na+].[Na+]. The number of rotatable bonds is 24. The largest absolute Gasteiger partial charge is 1.00 e. The van der Waals surface area contributed by atoms with Crippen molar-refractivity contribution in [1.82, 2.24) is 24.9 Å². The van der Waals surface area contributed by atoms with Gasteiger partial charge in [-0.1, -0.05) is 30.3 Å². The molecule has 0 saturated heterocycles. The first kappa shape index (κ1) is 80.6. The molecule has 6 aromatic rings. The van der Waals surface area contributed by atoms with E-state index in [0.717, 1.165) is 6.07 Å². The minimum atomic E-state index is -5.74. The smallest absolute Gasteiger partial charge is 0.748 e. The van der Waals surface area contributed by atoms with E-state index in [1.807, 2.05) is 0 Å². The predicted octanol–water partition coefficient (Wildman–Crippen LogP) is -17.8. The molecule has 2 heterocycles. The van der Waals surface area contributed by atoms with Crippen molar-refractivity contribution in [2.24, 2.45) is 10.2 Å². The van der Waals surface area contributed by atoms with Crippen LogP contribution in [0.2, 0.25) is 0 Å². The number of phenols is 1. The molecule has 6 rings (SSSR count). The fourth-order valence-electron chi connectivity index (χ4n) is 6.65. The first-order valence-electron chi connectivity index (χ1n) is 20.7. The summed E-state index contributed by atoms with van der Waals surface area (Å²) in [6.07, 6.45) is 0. The molecule has 0 aliphatic rings. The van der Waals surface area contributed by atoms with Crippen molar-refractivity contribution < 1.29 is 260 Å². The second kappa shape index (κ2) is 33.3. The van der Waals surface area contributed by atoms with Crippen LogP contribution in [0.3, 0.4) is 0 Å². The molecule has 408 valence electrons. The van der Waals surface area contributed by atoms with Gasteiger partial charge in [-0.05, 0) is 42.0 Å². The fourth-order valence-corrected chi connectivity index (χ4v) is 9.71. The van der Waals surface area contributed by atoms with Gasteiger partial charge in [0.2, 0.25) is 23.8 Å². The Kier molecular flexibility index (Phi) is 32.7. The normalized spacial score (nSPS) is 12.1. The fraction of sp³-hybridized carbons (Fsp3) is 0.243. The minimum Gasteiger partial charge on any atom is -0.748 e. The summed E-state index contributed by atoms with van der Waals surface area (Å²) in [4.78, 5) is 17.0. The predicted molar refractivity (Wildman–Crippen MR) is 258 cm³/mol. The van der Waals surface area contributed by atoms with Crippen molar-refractivity contribution in [3.8, 4) is 11.8 Å². The standard InChI is InChI=1S/C37H40N14O19S6.6Na/c1-19(43-33-24(17-38)32(39-8-11-71(53,54)55)45-34(46-33)40-9-12-72(56,57)58)18-42-36-47-35(41-10-13-73(59,60)61)48-37(49-36)44-26-16-22(74(62,63)64)14-21-15-27(75(65,66)67)29(30(52)28(21)26)51-50-25-7-6-20-4-2-3-5-23(20)31(25)76(68,69)70;;;;;;/h2-7,14-16,19,52H,8-13,18H2,1H3,(H,53,54,55)(H,56,57,58)(H,59,60,61)(H,62,63,64)(H,65,66,67)(H,68,69,70)(H3,39,40,43,45,46)(H3,41,42,44,47,48,49);;;;;;/q;6*+1/p-6. The number of benzene rings is 4.